The van der Waals surface area contributed by atoms with E-state index in [-0.39, 0.29) is 22.4 Å². The van der Waals surface area contributed by atoms with Crippen LogP contribution in [-0.2, 0) is 11.2 Å². The lowest BCUT2D eigenvalue weighted by Crippen LogP contribution is -2.28. The Bertz CT molecular complexity index is 761. The molecule has 1 aliphatic rings. The molecule has 1 aliphatic heterocycles. The Balaban J connectivity index is 2.42. The Morgan fingerprint density at radius 1 is 1.46 bits per heavy atom. The van der Waals surface area contributed by atoms with Gasteiger partial charge in [0.25, 0.3) is 11.1 Å². The second-order valence-corrected chi connectivity index (χ2v) is 5.92. The number of carbonyl (C=O) groups is 2. The third-order valence-corrected chi connectivity index (χ3v) is 4.17. The maximum Gasteiger partial charge on any atom is 0.294 e. The van der Waals surface area contributed by atoms with E-state index >= 15 is 0 Å². The van der Waals surface area contributed by atoms with Crippen LogP contribution in [-0.4, -0.2) is 34.3 Å². The summed E-state index contributed by atoms with van der Waals surface area (Å²) in [4.78, 5) is 25.3. The van der Waals surface area contributed by atoms with Crippen molar-refractivity contribution in [2.45, 2.75) is 13.3 Å². The van der Waals surface area contributed by atoms with E-state index < -0.39 is 5.91 Å². The molecule has 1 aromatic rings. The highest BCUT2D eigenvalue weighted by atomic mass is 32.2. The number of rotatable bonds is 6. The fraction of sp³-hybridized carbons (Fsp3) is 0.222. The van der Waals surface area contributed by atoms with Crippen molar-refractivity contribution < 1.29 is 19.4 Å². The van der Waals surface area contributed by atoms with Crippen LogP contribution < -0.4 is 4.74 Å². The van der Waals surface area contributed by atoms with Crippen LogP contribution >= 0.6 is 11.8 Å². The molecule has 2 amide bonds. The SMILES string of the molecule is C#CCN1C(=O)S/C(=C/c2cc(CC=C)c(O)c(OCC)c2)C1=O. The Morgan fingerprint density at radius 3 is 2.83 bits per heavy atom. The molecule has 124 valence electrons. The molecule has 24 heavy (non-hydrogen) atoms. The lowest BCUT2D eigenvalue weighted by Gasteiger charge is -2.11. The third kappa shape index (κ3) is 3.63. The van der Waals surface area contributed by atoms with Crippen LogP contribution in [0.2, 0.25) is 0 Å². The van der Waals surface area contributed by atoms with Crippen LogP contribution in [0.5, 0.6) is 11.5 Å². The molecule has 1 N–H and O–H groups in total. The summed E-state index contributed by atoms with van der Waals surface area (Å²) in [6, 6.07) is 3.36. The topological polar surface area (TPSA) is 66.8 Å². The quantitative estimate of drug-likeness (QED) is 0.488. The molecule has 0 unspecified atom stereocenters. The van der Waals surface area contributed by atoms with E-state index in [9.17, 15) is 14.7 Å². The van der Waals surface area contributed by atoms with Gasteiger partial charge in [-0.1, -0.05) is 12.0 Å². The molecule has 1 fully saturated rings. The number of terminal acetylenes is 1. The summed E-state index contributed by atoms with van der Waals surface area (Å²) >= 11 is 0.839. The van der Waals surface area contributed by atoms with E-state index in [2.05, 4.69) is 12.5 Å². The molecule has 1 saturated heterocycles. The summed E-state index contributed by atoms with van der Waals surface area (Å²) in [7, 11) is 0. The minimum absolute atomic E-state index is 0.0503. The Kier molecular flexibility index (Phi) is 5.72. The minimum atomic E-state index is -0.417. The van der Waals surface area contributed by atoms with Gasteiger partial charge in [-0.3, -0.25) is 14.5 Å². The monoisotopic (exact) mass is 343 g/mol. The van der Waals surface area contributed by atoms with E-state index in [0.29, 0.717) is 29.9 Å². The highest BCUT2D eigenvalue weighted by Gasteiger charge is 2.34. The van der Waals surface area contributed by atoms with Gasteiger partial charge in [-0.25, -0.2) is 0 Å². The van der Waals surface area contributed by atoms with Gasteiger partial charge in [-0.2, -0.15) is 0 Å². The molecule has 0 aromatic heterocycles. The zero-order valence-corrected chi connectivity index (χ0v) is 14.1. The van der Waals surface area contributed by atoms with Crippen molar-refractivity contribution in [3.63, 3.8) is 0 Å². The number of phenols is 1. The summed E-state index contributed by atoms with van der Waals surface area (Å²) < 4.78 is 5.43. The maximum atomic E-state index is 12.2. The van der Waals surface area contributed by atoms with Crippen molar-refractivity contribution in [2.24, 2.45) is 0 Å². The standard InChI is InChI=1S/C18H17NO4S/c1-4-7-13-9-12(10-14(16(13)20)23-6-3)11-15-17(21)19(8-5-2)18(22)24-15/h2,4,9-11,20H,1,6-8H2,3H3/b15-11+. The Labute approximate surface area is 145 Å². The van der Waals surface area contributed by atoms with Crippen LogP contribution in [0.1, 0.15) is 18.1 Å². The van der Waals surface area contributed by atoms with Crippen molar-refractivity contribution >= 4 is 29.0 Å². The first-order chi connectivity index (χ1) is 11.5. The van der Waals surface area contributed by atoms with Gasteiger partial charge in [-0.15, -0.1) is 13.0 Å². The maximum absolute atomic E-state index is 12.2. The number of hydrogen-bond acceptors (Lipinski definition) is 5. The van der Waals surface area contributed by atoms with E-state index in [4.69, 9.17) is 11.2 Å². The van der Waals surface area contributed by atoms with Gasteiger partial charge >= 0.3 is 0 Å². The number of amides is 2. The van der Waals surface area contributed by atoms with Crippen molar-refractivity contribution in [3.8, 4) is 23.8 Å². The molecule has 0 radical (unpaired) electrons. The zero-order chi connectivity index (χ0) is 17.7. The normalized spacial score (nSPS) is 15.7. The first-order valence-corrected chi connectivity index (χ1v) is 8.11. The minimum Gasteiger partial charge on any atom is -0.504 e. The third-order valence-electron chi connectivity index (χ3n) is 3.26. The average Bonchev–Trinajstić information content (AvgIpc) is 2.80. The van der Waals surface area contributed by atoms with Crippen molar-refractivity contribution in [1.82, 2.24) is 4.90 Å². The fourth-order valence-corrected chi connectivity index (χ4v) is 3.07. The lowest BCUT2D eigenvalue weighted by molar-refractivity contribution is -0.122. The van der Waals surface area contributed by atoms with E-state index in [1.54, 1.807) is 24.3 Å². The summed E-state index contributed by atoms with van der Waals surface area (Å²) in [5.41, 5.74) is 1.28. The smallest absolute Gasteiger partial charge is 0.294 e. The molecule has 0 aliphatic carbocycles. The van der Waals surface area contributed by atoms with E-state index in [0.717, 1.165) is 16.7 Å². The van der Waals surface area contributed by atoms with Crippen LogP contribution in [0.25, 0.3) is 6.08 Å². The van der Waals surface area contributed by atoms with Crippen LogP contribution in [0, 0.1) is 12.3 Å². The highest BCUT2D eigenvalue weighted by Crippen LogP contribution is 2.36. The van der Waals surface area contributed by atoms with Crippen LogP contribution in [0.3, 0.4) is 0 Å². The second-order valence-electron chi connectivity index (χ2n) is 4.92. The zero-order valence-electron chi connectivity index (χ0n) is 13.2. The van der Waals surface area contributed by atoms with Crippen molar-refractivity contribution in [2.75, 3.05) is 13.2 Å². The van der Waals surface area contributed by atoms with Crippen LogP contribution in [0.4, 0.5) is 4.79 Å². The summed E-state index contributed by atoms with van der Waals surface area (Å²) in [5.74, 6) is 2.25. The Hall–Kier alpha value is -2.65. The first kappa shape index (κ1) is 17.7. The molecule has 0 atom stereocenters. The number of imide groups is 1. The number of carbonyl (C=O) groups excluding carboxylic acids is 2. The molecule has 0 saturated carbocycles. The summed E-state index contributed by atoms with van der Waals surface area (Å²) in [5, 5.41) is 9.80. The van der Waals surface area contributed by atoms with Gasteiger partial charge in [-0.05, 0) is 48.9 Å². The van der Waals surface area contributed by atoms with Gasteiger partial charge in [0.05, 0.1) is 18.1 Å². The number of thioether (sulfide) groups is 1. The molecule has 0 bridgehead atoms. The van der Waals surface area contributed by atoms with Gasteiger partial charge < -0.3 is 9.84 Å². The van der Waals surface area contributed by atoms with Crippen molar-refractivity contribution in [1.29, 1.82) is 0 Å². The van der Waals surface area contributed by atoms with E-state index in [1.807, 2.05) is 6.92 Å². The predicted molar refractivity (Wildman–Crippen MR) is 94.7 cm³/mol. The van der Waals surface area contributed by atoms with Gasteiger partial charge in [0, 0.05) is 5.56 Å². The number of allylic oxidation sites excluding steroid dienone is 1. The number of ether oxygens (including phenoxy) is 1. The molecule has 6 heteroatoms. The number of benzene rings is 1. The predicted octanol–water partition coefficient (Wildman–Crippen LogP) is 3.19. The average molecular weight is 343 g/mol. The molecular formula is C18H17NO4S. The summed E-state index contributed by atoms with van der Waals surface area (Å²) in [6.45, 7) is 5.81. The van der Waals surface area contributed by atoms with Crippen molar-refractivity contribution in [3.05, 3.63) is 40.8 Å². The molecule has 1 aromatic carbocycles. The highest BCUT2D eigenvalue weighted by molar-refractivity contribution is 8.18. The van der Waals surface area contributed by atoms with E-state index in [1.165, 1.54) is 0 Å². The molecule has 1 heterocycles. The first-order valence-electron chi connectivity index (χ1n) is 7.30. The molecule has 0 spiro atoms. The number of hydrogen-bond donors (Lipinski definition) is 1. The van der Waals surface area contributed by atoms with Gasteiger partial charge in [0.2, 0.25) is 0 Å². The fourth-order valence-electron chi connectivity index (χ4n) is 2.23. The Morgan fingerprint density at radius 2 is 2.21 bits per heavy atom. The van der Waals surface area contributed by atoms with Gasteiger partial charge in [0.15, 0.2) is 11.5 Å². The molecule has 2 rings (SSSR count). The second kappa shape index (κ2) is 7.75. The molecule has 5 nitrogen and oxygen atoms in total. The van der Waals surface area contributed by atoms with Crippen LogP contribution in [0.15, 0.2) is 29.7 Å². The lowest BCUT2D eigenvalue weighted by atomic mass is 10.1. The summed E-state index contributed by atoms with van der Waals surface area (Å²) in [6.07, 6.45) is 8.88. The number of aromatic hydroxyl groups is 1. The van der Waals surface area contributed by atoms with Gasteiger partial charge in [0.1, 0.15) is 0 Å². The number of phenolic OH excluding ortho intramolecular Hbond substituents is 1. The molecular weight excluding hydrogens is 326 g/mol. The largest absolute Gasteiger partial charge is 0.504 e. The number of nitrogens with zero attached hydrogens (tertiary/aromatic N) is 1.